The minimum absolute atomic E-state index is 0.103. The summed E-state index contributed by atoms with van der Waals surface area (Å²) in [4.78, 5) is 12.3. The van der Waals surface area contributed by atoms with Gasteiger partial charge in [0, 0.05) is 12.0 Å². The van der Waals surface area contributed by atoms with Crippen molar-refractivity contribution < 1.29 is 13.6 Å². The molecule has 108 valence electrons. The lowest BCUT2D eigenvalue weighted by Crippen LogP contribution is -2.42. The Hall–Kier alpha value is -1.27. The number of hydrogen-bond donors (Lipinski definition) is 2. The maximum Gasteiger partial charge on any atom is 0.254 e. The van der Waals surface area contributed by atoms with E-state index in [1.165, 1.54) is 0 Å². The number of carbonyl (C=O) groups is 1. The van der Waals surface area contributed by atoms with E-state index in [2.05, 4.69) is 5.32 Å². The third-order valence-corrected chi connectivity index (χ3v) is 4.04. The second kappa shape index (κ2) is 6.01. The van der Waals surface area contributed by atoms with Crippen LogP contribution in [-0.2, 0) is 0 Å². The van der Waals surface area contributed by atoms with Gasteiger partial charge >= 0.3 is 0 Å². The lowest BCUT2D eigenvalue weighted by molar-refractivity contribution is 0.0929. The van der Waals surface area contributed by atoms with Gasteiger partial charge in [-0.3, -0.25) is 4.79 Å². The van der Waals surface area contributed by atoms with Crippen molar-refractivity contribution in [3.05, 3.63) is 34.4 Å². The molecule has 2 rings (SSSR count). The van der Waals surface area contributed by atoms with Gasteiger partial charge < -0.3 is 11.1 Å². The molecule has 0 radical (unpaired) electrons. The van der Waals surface area contributed by atoms with Crippen molar-refractivity contribution in [3.63, 3.8) is 0 Å². The monoisotopic (exact) mass is 318 g/mol. The zero-order valence-corrected chi connectivity index (χ0v) is 12.0. The SMILES string of the molecule is NC(=S)C1CCCC1NC(=O)c1cc(F)c(Cl)cc1F. The Labute approximate surface area is 125 Å². The maximum absolute atomic E-state index is 13.6. The number of nitrogens with two attached hydrogens (primary N) is 1. The zero-order chi connectivity index (χ0) is 14.9. The highest BCUT2D eigenvalue weighted by Crippen LogP contribution is 2.27. The number of rotatable bonds is 3. The Morgan fingerprint density at radius 3 is 2.70 bits per heavy atom. The first-order chi connectivity index (χ1) is 9.40. The van der Waals surface area contributed by atoms with Crippen LogP contribution in [0, 0.1) is 17.6 Å². The fraction of sp³-hybridized carbons (Fsp3) is 0.385. The quantitative estimate of drug-likeness (QED) is 0.665. The number of benzene rings is 1. The van der Waals surface area contributed by atoms with Gasteiger partial charge in [0.1, 0.15) is 11.6 Å². The fourth-order valence-electron chi connectivity index (χ4n) is 2.42. The summed E-state index contributed by atoms with van der Waals surface area (Å²) >= 11 is 10.4. The van der Waals surface area contributed by atoms with Crippen LogP contribution in [0.1, 0.15) is 29.6 Å². The molecule has 2 atom stereocenters. The van der Waals surface area contributed by atoms with Crippen molar-refractivity contribution in [1.29, 1.82) is 0 Å². The van der Waals surface area contributed by atoms with Crippen LogP contribution in [0.15, 0.2) is 12.1 Å². The molecule has 1 fully saturated rings. The average Bonchev–Trinajstić information content (AvgIpc) is 2.81. The van der Waals surface area contributed by atoms with Crippen LogP contribution >= 0.6 is 23.8 Å². The number of amides is 1. The average molecular weight is 319 g/mol. The molecule has 1 aliphatic carbocycles. The predicted molar refractivity (Wildman–Crippen MR) is 76.7 cm³/mol. The molecule has 0 bridgehead atoms. The van der Waals surface area contributed by atoms with E-state index in [9.17, 15) is 13.6 Å². The van der Waals surface area contributed by atoms with Gasteiger partial charge in [-0.05, 0) is 25.0 Å². The van der Waals surface area contributed by atoms with Gasteiger partial charge in [0.15, 0.2) is 0 Å². The van der Waals surface area contributed by atoms with E-state index in [1.54, 1.807) is 0 Å². The van der Waals surface area contributed by atoms with E-state index < -0.39 is 17.5 Å². The van der Waals surface area contributed by atoms with Crippen LogP contribution < -0.4 is 11.1 Å². The summed E-state index contributed by atoms with van der Waals surface area (Å²) in [5.74, 6) is -2.49. The van der Waals surface area contributed by atoms with E-state index in [-0.39, 0.29) is 22.5 Å². The highest BCUT2D eigenvalue weighted by Gasteiger charge is 2.31. The molecule has 1 aromatic rings. The molecule has 7 heteroatoms. The maximum atomic E-state index is 13.6. The van der Waals surface area contributed by atoms with Gasteiger partial charge in [-0.15, -0.1) is 0 Å². The Bertz CT molecular complexity index is 568. The Balaban J connectivity index is 2.16. The first kappa shape index (κ1) is 15.1. The summed E-state index contributed by atoms with van der Waals surface area (Å²) in [6.45, 7) is 0. The molecular weight excluding hydrogens is 306 g/mol. The number of nitrogens with one attached hydrogen (secondary N) is 1. The van der Waals surface area contributed by atoms with Crippen molar-refractivity contribution in [2.24, 2.45) is 11.7 Å². The summed E-state index contributed by atoms with van der Waals surface area (Å²) < 4.78 is 27.0. The highest BCUT2D eigenvalue weighted by atomic mass is 35.5. The van der Waals surface area contributed by atoms with Crippen molar-refractivity contribution in [3.8, 4) is 0 Å². The lowest BCUT2D eigenvalue weighted by atomic mass is 10.0. The summed E-state index contributed by atoms with van der Waals surface area (Å²) in [5, 5.41) is 2.30. The molecule has 1 saturated carbocycles. The highest BCUT2D eigenvalue weighted by molar-refractivity contribution is 7.80. The first-order valence-corrected chi connectivity index (χ1v) is 6.93. The summed E-state index contributed by atoms with van der Waals surface area (Å²) in [6, 6.07) is 1.33. The van der Waals surface area contributed by atoms with E-state index in [0.717, 1.165) is 25.0 Å². The summed E-state index contributed by atoms with van der Waals surface area (Å²) in [7, 11) is 0. The molecule has 3 N–H and O–H groups in total. The van der Waals surface area contributed by atoms with E-state index >= 15 is 0 Å². The van der Waals surface area contributed by atoms with E-state index in [4.69, 9.17) is 29.6 Å². The summed E-state index contributed by atoms with van der Waals surface area (Å²) in [5.41, 5.74) is 5.23. The molecule has 0 aliphatic heterocycles. The molecule has 0 spiro atoms. The Kier molecular flexibility index (Phi) is 4.55. The van der Waals surface area contributed by atoms with Gasteiger partial charge in [-0.1, -0.05) is 30.2 Å². The van der Waals surface area contributed by atoms with Gasteiger partial charge in [-0.2, -0.15) is 0 Å². The minimum atomic E-state index is -0.862. The van der Waals surface area contributed by atoms with Crippen molar-refractivity contribution in [2.75, 3.05) is 0 Å². The molecule has 0 aromatic heterocycles. The van der Waals surface area contributed by atoms with Crippen LogP contribution in [0.3, 0.4) is 0 Å². The minimum Gasteiger partial charge on any atom is -0.393 e. The molecule has 1 aliphatic rings. The standard InChI is InChI=1S/C13H13ClF2N2OS/c14-8-5-9(15)7(4-10(8)16)13(19)18-11-3-1-2-6(11)12(17)20/h4-6,11H,1-3H2,(H2,17,20)(H,18,19). The molecular formula is C13H13ClF2N2OS. The predicted octanol–water partition coefficient (Wildman–Crippen LogP) is 2.80. The van der Waals surface area contributed by atoms with Crippen molar-refractivity contribution in [1.82, 2.24) is 5.32 Å². The molecule has 3 nitrogen and oxygen atoms in total. The van der Waals surface area contributed by atoms with E-state index in [0.29, 0.717) is 11.4 Å². The molecule has 2 unspecified atom stereocenters. The lowest BCUT2D eigenvalue weighted by Gasteiger charge is -2.20. The van der Waals surface area contributed by atoms with Crippen LogP contribution in [-0.4, -0.2) is 16.9 Å². The van der Waals surface area contributed by atoms with Gasteiger partial charge in [0.2, 0.25) is 0 Å². The van der Waals surface area contributed by atoms with Crippen LogP contribution in [0.25, 0.3) is 0 Å². The topological polar surface area (TPSA) is 55.1 Å². The normalized spacial score (nSPS) is 21.8. The molecule has 0 saturated heterocycles. The number of hydrogen-bond acceptors (Lipinski definition) is 2. The second-order valence-corrected chi connectivity index (χ2v) is 5.64. The van der Waals surface area contributed by atoms with Crippen LogP contribution in [0.5, 0.6) is 0 Å². The van der Waals surface area contributed by atoms with Gasteiger partial charge in [-0.25, -0.2) is 8.78 Å². The van der Waals surface area contributed by atoms with Gasteiger partial charge in [0.25, 0.3) is 5.91 Å². The smallest absolute Gasteiger partial charge is 0.254 e. The molecule has 1 amide bonds. The Morgan fingerprint density at radius 2 is 2.05 bits per heavy atom. The molecule has 0 heterocycles. The number of carbonyl (C=O) groups excluding carboxylic acids is 1. The Morgan fingerprint density at radius 1 is 1.35 bits per heavy atom. The molecule has 20 heavy (non-hydrogen) atoms. The second-order valence-electron chi connectivity index (χ2n) is 4.77. The largest absolute Gasteiger partial charge is 0.393 e. The zero-order valence-electron chi connectivity index (χ0n) is 10.5. The first-order valence-electron chi connectivity index (χ1n) is 6.15. The van der Waals surface area contributed by atoms with Crippen molar-refractivity contribution >= 4 is 34.7 Å². The summed E-state index contributed by atoms with van der Waals surface area (Å²) in [6.07, 6.45) is 2.38. The number of thiocarbonyl (C=S) groups is 1. The van der Waals surface area contributed by atoms with E-state index in [1.807, 2.05) is 0 Å². The van der Waals surface area contributed by atoms with Crippen molar-refractivity contribution in [2.45, 2.75) is 25.3 Å². The van der Waals surface area contributed by atoms with Gasteiger partial charge in [0.05, 0.1) is 15.6 Å². The molecule has 1 aromatic carbocycles. The third kappa shape index (κ3) is 3.07. The third-order valence-electron chi connectivity index (χ3n) is 3.45. The fourth-order valence-corrected chi connectivity index (χ4v) is 2.85. The number of halogens is 3. The van der Waals surface area contributed by atoms with Crippen LogP contribution in [0.2, 0.25) is 5.02 Å². The van der Waals surface area contributed by atoms with Crippen LogP contribution in [0.4, 0.5) is 8.78 Å².